The minimum atomic E-state index is -0.952. The SMILES string of the molecule is CN(C)CCCNCc1ccccc1C1=CC=C(CC(CC(=O)c2ccccc2Cl)C(=O)O)CC1. The Balaban J connectivity index is 1.63. The Bertz CT molecular complexity index is 1090. The van der Waals surface area contributed by atoms with Crippen LogP contribution in [0.5, 0.6) is 0 Å². The molecular weight excluding hydrogens is 460 g/mol. The number of halogens is 1. The Hall–Kier alpha value is -2.73. The molecule has 0 spiro atoms. The molecule has 2 aromatic rings. The predicted octanol–water partition coefficient (Wildman–Crippen LogP) is 5.85. The number of ketones is 1. The lowest BCUT2D eigenvalue weighted by Crippen LogP contribution is -2.21. The van der Waals surface area contributed by atoms with Crippen molar-refractivity contribution in [3.63, 3.8) is 0 Å². The van der Waals surface area contributed by atoms with Crippen LogP contribution in [0.1, 0.15) is 53.6 Å². The number of benzene rings is 2. The number of nitrogens with one attached hydrogen (secondary N) is 1. The topological polar surface area (TPSA) is 69.6 Å². The quantitative estimate of drug-likeness (QED) is 0.270. The van der Waals surface area contributed by atoms with Crippen molar-refractivity contribution in [2.45, 2.75) is 38.6 Å². The van der Waals surface area contributed by atoms with Crippen molar-refractivity contribution < 1.29 is 14.7 Å². The van der Waals surface area contributed by atoms with Gasteiger partial charge in [-0.25, -0.2) is 0 Å². The second-order valence-electron chi connectivity index (χ2n) is 9.35. The average Bonchev–Trinajstić information content (AvgIpc) is 2.84. The fourth-order valence-corrected chi connectivity index (χ4v) is 4.63. The highest BCUT2D eigenvalue weighted by Crippen LogP contribution is 2.32. The first-order valence-electron chi connectivity index (χ1n) is 12.2. The van der Waals surface area contributed by atoms with Gasteiger partial charge in [0.25, 0.3) is 0 Å². The first-order valence-corrected chi connectivity index (χ1v) is 12.6. The summed E-state index contributed by atoms with van der Waals surface area (Å²) in [6.45, 7) is 2.86. The van der Waals surface area contributed by atoms with Gasteiger partial charge in [-0.15, -0.1) is 0 Å². The van der Waals surface area contributed by atoms with Gasteiger partial charge in [0.2, 0.25) is 0 Å². The molecule has 0 fully saturated rings. The highest BCUT2D eigenvalue weighted by Gasteiger charge is 2.25. The molecule has 186 valence electrons. The zero-order valence-electron chi connectivity index (χ0n) is 20.6. The lowest BCUT2D eigenvalue weighted by molar-refractivity contribution is -0.141. The molecule has 2 N–H and O–H groups in total. The summed E-state index contributed by atoms with van der Waals surface area (Å²) in [6, 6.07) is 15.2. The molecule has 1 aliphatic carbocycles. The number of aliphatic carboxylic acids is 1. The van der Waals surface area contributed by atoms with E-state index in [0.717, 1.165) is 44.5 Å². The molecule has 0 radical (unpaired) electrons. The number of nitrogens with zero attached hydrogens (tertiary/aromatic N) is 1. The molecule has 0 aromatic heterocycles. The van der Waals surface area contributed by atoms with Crippen molar-refractivity contribution >= 4 is 28.9 Å². The van der Waals surface area contributed by atoms with Gasteiger partial charge >= 0.3 is 5.97 Å². The number of carbonyl (C=O) groups is 2. The fraction of sp³-hybridized carbons (Fsp3) is 0.379. The van der Waals surface area contributed by atoms with E-state index in [1.54, 1.807) is 24.3 Å². The maximum atomic E-state index is 12.7. The van der Waals surface area contributed by atoms with Gasteiger partial charge in [0.15, 0.2) is 5.78 Å². The third-order valence-electron chi connectivity index (χ3n) is 6.34. The van der Waals surface area contributed by atoms with Crippen LogP contribution in [0.4, 0.5) is 0 Å². The van der Waals surface area contributed by atoms with Crippen LogP contribution in [0.25, 0.3) is 5.57 Å². The van der Waals surface area contributed by atoms with Crippen molar-refractivity contribution in [3.8, 4) is 0 Å². The van der Waals surface area contributed by atoms with Gasteiger partial charge in [0, 0.05) is 18.5 Å². The number of hydrogen-bond acceptors (Lipinski definition) is 4. The molecule has 2 aromatic carbocycles. The molecule has 1 aliphatic rings. The molecule has 1 atom stereocenters. The number of Topliss-reactive ketones (excluding diaryl/α,β-unsaturated/α-hetero) is 1. The summed E-state index contributed by atoms with van der Waals surface area (Å²) in [5.41, 5.74) is 5.22. The van der Waals surface area contributed by atoms with Crippen LogP contribution in [0.15, 0.2) is 66.3 Å². The predicted molar refractivity (Wildman–Crippen MR) is 143 cm³/mol. The highest BCUT2D eigenvalue weighted by atomic mass is 35.5. The van der Waals surface area contributed by atoms with Crippen LogP contribution < -0.4 is 5.32 Å². The molecular formula is C29H35ClN2O3. The fourth-order valence-electron chi connectivity index (χ4n) is 4.39. The van der Waals surface area contributed by atoms with Crippen molar-refractivity contribution in [2.24, 2.45) is 5.92 Å². The largest absolute Gasteiger partial charge is 0.481 e. The van der Waals surface area contributed by atoms with E-state index in [1.165, 1.54) is 16.7 Å². The monoisotopic (exact) mass is 494 g/mol. The van der Waals surface area contributed by atoms with Gasteiger partial charge in [-0.3, -0.25) is 9.59 Å². The first-order chi connectivity index (χ1) is 16.8. The third kappa shape index (κ3) is 8.17. The second-order valence-corrected chi connectivity index (χ2v) is 9.76. The summed E-state index contributed by atoms with van der Waals surface area (Å²) < 4.78 is 0. The van der Waals surface area contributed by atoms with E-state index >= 15 is 0 Å². The summed E-state index contributed by atoms with van der Waals surface area (Å²) in [4.78, 5) is 26.8. The Kier molecular flexibility index (Phi) is 10.3. The van der Waals surface area contributed by atoms with Crippen LogP contribution in [0.3, 0.4) is 0 Å². The average molecular weight is 495 g/mol. The Morgan fingerprint density at radius 1 is 1.06 bits per heavy atom. The van der Waals surface area contributed by atoms with Gasteiger partial charge in [-0.1, -0.05) is 65.7 Å². The smallest absolute Gasteiger partial charge is 0.307 e. The van der Waals surface area contributed by atoms with E-state index in [-0.39, 0.29) is 12.2 Å². The third-order valence-corrected chi connectivity index (χ3v) is 6.67. The summed E-state index contributed by atoms with van der Waals surface area (Å²) in [5.74, 6) is -1.95. The number of carbonyl (C=O) groups excluding carboxylic acids is 1. The van der Waals surface area contributed by atoms with Crippen molar-refractivity contribution in [1.29, 1.82) is 0 Å². The molecule has 35 heavy (non-hydrogen) atoms. The van der Waals surface area contributed by atoms with E-state index < -0.39 is 11.9 Å². The number of rotatable bonds is 13. The molecule has 5 nitrogen and oxygen atoms in total. The van der Waals surface area contributed by atoms with Gasteiger partial charge in [0.1, 0.15) is 0 Å². The molecule has 0 saturated heterocycles. The summed E-state index contributed by atoms with van der Waals surface area (Å²) >= 11 is 6.13. The Morgan fingerprint density at radius 3 is 2.49 bits per heavy atom. The van der Waals surface area contributed by atoms with E-state index in [0.29, 0.717) is 17.0 Å². The normalized spacial score (nSPS) is 14.4. The van der Waals surface area contributed by atoms with Crippen molar-refractivity contribution in [3.05, 3.63) is 88.0 Å². The molecule has 3 rings (SSSR count). The Morgan fingerprint density at radius 2 is 1.80 bits per heavy atom. The van der Waals surface area contributed by atoms with Gasteiger partial charge in [-0.05, 0) is 81.7 Å². The minimum Gasteiger partial charge on any atom is -0.481 e. The molecule has 0 bridgehead atoms. The zero-order chi connectivity index (χ0) is 25.2. The second kappa shape index (κ2) is 13.4. The lowest BCUT2D eigenvalue weighted by atomic mass is 9.85. The van der Waals surface area contributed by atoms with Crippen molar-refractivity contribution in [2.75, 3.05) is 27.2 Å². The number of hydrogen-bond donors (Lipinski definition) is 2. The minimum absolute atomic E-state index is 0.0602. The van der Waals surface area contributed by atoms with Crippen LogP contribution >= 0.6 is 11.6 Å². The summed E-state index contributed by atoms with van der Waals surface area (Å²) in [6.07, 6.45) is 7.21. The maximum absolute atomic E-state index is 12.7. The van der Waals surface area contributed by atoms with Crippen LogP contribution in [0.2, 0.25) is 5.02 Å². The standard InChI is InChI=1S/C29H35ClN2O3/c1-32(2)17-7-16-31-20-23-8-3-4-9-25(23)22-14-12-21(13-15-22)18-24(29(34)35)19-28(33)26-10-5-6-11-27(26)30/h3-6,8-12,14,24,31H,7,13,15-20H2,1-2H3,(H,34,35). The van der Waals surface area contributed by atoms with E-state index in [1.807, 2.05) is 6.08 Å². The molecule has 0 saturated carbocycles. The number of allylic oxidation sites excluding steroid dienone is 4. The molecule has 6 heteroatoms. The number of carboxylic acids is 1. The zero-order valence-corrected chi connectivity index (χ0v) is 21.4. The Labute approximate surface area is 213 Å². The molecule has 0 heterocycles. The molecule has 0 amide bonds. The summed E-state index contributed by atoms with van der Waals surface area (Å²) in [5, 5.41) is 13.7. The van der Waals surface area contributed by atoms with E-state index in [4.69, 9.17) is 11.6 Å². The van der Waals surface area contributed by atoms with Crippen molar-refractivity contribution in [1.82, 2.24) is 10.2 Å². The van der Waals surface area contributed by atoms with Crippen LogP contribution in [0, 0.1) is 5.92 Å². The molecule has 1 unspecified atom stereocenters. The molecule has 0 aliphatic heterocycles. The number of carboxylic acid groups (broad SMARTS) is 1. The first kappa shape index (κ1) is 26.9. The van der Waals surface area contributed by atoms with Gasteiger partial charge in [-0.2, -0.15) is 0 Å². The lowest BCUT2D eigenvalue weighted by Gasteiger charge is -2.20. The summed E-state index contributed by atoms with van der Waals surface area (Å²) in [7, 11) is 4.17. The van der Waals surface area contributed by atoms with Gasteiger partial charge in [0.05, 0.1) is 10.9 Å². The van der Waals surface area contributed by atoms with Gasteiger partial charge < -0.3 is 15.3 Å². The van der Waals surface area contributed by atoms with Crippen LogP contribution in [-0.4, -0.2) is 48.9 Å². The van der Waals surface area contributed by atoms with E-state index in [9.17, 15) is 14.7 Å². The van der Waals surface area contributed by atoms with E-state index in [2.05, 4.69) is 54.7 Å². The van der Waals surface area contributed by atoms with Crippen LogP contribution in [-0.2, 0) is 11.3 Å². The highest BCUT2D eigenvalue weighted by molar-refractivity contribution is 6.34. The maximum Gasteiger partial charge on any atom is 0.307 e.